The van der Waals surface area contributed by atoms with E-state index in [0.717, 1.165) is 18.5 Å². The van der Waals surface area contributed by atoms with Crippen LogP contribution in [0, 0.1) is 0 Å². The predicted molar refractivity (Wildman–Crippen MR) is 77.9 cm³/mol. The van der Waals surface area contributed by atoms with Crippen LogP contribution >= 0.6 is 0 Å². The fourth-order valence-electron chi connectivity index (χ4n) is 1.98. The number of benzene rings is 1. The van der Waals surface area contributed by atoms with Crippen molar-refractivity contribution >= 4 is 5.97 Å². The summed E-state index contributed by atoms with van der Waals surface area (Å²) in [4.78, 5) is 11.4. The number of esters is 1. The van der Waals surface area contributed by atoms with Gasteiger partial charge >= 0.3 is 5.97 Å². The minimum absolute atomic E-state index is 0.238. The number of hydrogen-bond acceptors (Lipinski definition) is 3. The first-order valence-electron chi connectivity index (χ1n) is 6.77. The van der Waals surface area contributed by atoms with Gasteiger partial charge in [0.25, 0.3) is 0 Å². The highest BCUT2D eigenvalue weighted by Crippen LogP contribution is 2.09. The van der Waals surface area contributed by atoms with E-state index in [4.69, 9.17) is 4.74 Å². The molecule has 104 valence electrons. The molecule has 0 spiro atoms. The number of carbonyl (C=O) groups excluding carboxylic acids is 1. The number of rotatable bonds is 7. The van der Waals surface area contributed by atoms with Crippen molar-refractivity contribution < 1.29 is 9.53 Å². The van der Waals surface area contributed by atoms with Crippen LogP contribution in [0.3, 0.4) is 0 Å². The molecule has 0 atom stereocenters. The molecule has 1 aromatic rings. The lowest BCUT2D eigenvalue weighted by molar-refractivity contribution is -0.136. The normalized spacial score (nSPS) is 11.4. The number of nitrogens with one attached hydrogen (secondary N) is 1. The molecule has 0 aromatic heterocycles. The maximum absolute atomic E-state index is 11.4. The predicted octanol–water partition coefficient (Wildman–Crippen LogP) is 2.85. The van der Waals surface area contributed by atoms with Crippen LogP contribution < -0.4 is 5.32 Å². The van der Waals surface area contributed by atoms with Gasteiger partial charge in [-0.05, 0) is 24.0 Å². The molecule has 1 N–H and O–H groups in total. The third-order valence-corrected chi connectivity index (χ3v) is 3.14. The van der Waals surface area contributed by atoms with E-state index in [2.05, 4.69) is 36.5 Å². The van der Waals surface area contributed by atoms with Crippen LogP contribution in [0.25, 0.3) is 0 Å². The number of aryl methyl sites for hydroxylation is 1. The third kappa shape index (κ3) is 4.87. The van der Waals surface area contributed by atoms with E-state index >= 15 is 0 Å². The Hall–Kier alpha value is -1.61. The Kier molecular flexibility index (Phi) is 6.90. The Balaban J connectivity index is 2.50. The van der Waals surface area contributed by atoms with Gasteiger partial charge in [0.15, 0.2) is 0 Å². The van der Waals surface area contributed by atoms with Gasteiger partial charge < -0.3 is 10.1 Å². The Bertz CT molecular complexity index is 438. The fourth-order valence-corrected chi connectivity index (χ4v) is 1.98. The molecule has 0 radical (unpaired) electrons. The molecule has 0 aliphatic heterocycles. The Morgan fingerprint density at radius 2 is 1.95 bits per heavy atom. The monoisotopic (exact) mass is 261 g/mol. The molecule has 0 unspecified atom stereocenters. The van der Waals surface area contributed by atoms with E-state index < -0.39 is 0 Å². The zero-order chi connectivity index (χ0) is 14.1. The molecule has 3 nitrogen and oxygen atoms in total. The van der Waals surface area contributed by atoms with E-state index in [0.29, 0.717) is 13.0 Å². The highest BCUT2D eigenvalue weighted by atomic mass is 16.5. The zero-order valence-electron chi connectivity index (χ0n) is 12.0. The average Bonchev–Trinajstić information content (AvgIpc) is 2.47. The number of hydrogen-bond donors (Lipinski definition) is 1. The minimum atomic E-state index is -0.238. The van der Waals surface area contributed by atoms with Gasteiger partial charge in [-0.15, -0.1) is 0 Å². The molecular weight excluding hydrogens is 238 g/mol. The molecule has 0 aliphatic carbocycles. The average molecular weight is 261 g/mol. The Morgan fingerprint density at radius 3 is 2.53 bits per heavy atom. The summed E-state index contributed by atoms with van der Waals surface area (Å²) in [5.74, 6) is -0.238. The second kappa shape index (κ2) is 8.48. The summed E-state index contributed by atoms with van der Waals surface area (Å²) in [5, 5.41) is 3.34. The largest absolute Gasteiger partial charge is 0.466 e. The SMILES string of the molecule is CC/C(=C/CNCc1ccccc1CC)C(=O)OC. The zero-order valence-corrected chi connectivity index (χ0v) is 12.0. The van der Waals surface area contributed by atoms with Crippen molar-refractivity contribution in [2.24, 2.45) is 0 Å². The van der Waals surface area contributed by atoms with Gasteiger partial charge in [0.05, 0.1) is 7.11 Å². The molecular formula is C16H23NO2. The molecule has 1 aromatic carbocycles. The van der Waals surface area contributed by atoms with Gasteiger partial charge in [0.2, 0.25) is 0 Å². The van der Waals surface area contributed by atoms with Gasteiger partial charge in [-0.2, -0.15) is 0 Å². The van der Waals surface area contributed by atoms with Crippen molar-refractivity contribution in [3.05, 3.63) is 47.0 Å². The lowest BCUT2D eigenvalue weighted by atomic mass is 10.1. The molecule has 0 amide bonds. The van der Waals surface area contributed by atoms with Crippen LogP contribution in [0.1, 0.15) is 31.4 Å². The van der Waals surface area contributed by atoms with Gasteiger partial charge in [-0.3, -0.25) is 0 Å². The summed E-state index contributed by atoms with van der Waals surface area (Å²) in [7, 11) is 1.41. The molecule has 1 rings (SSSR count). The standard InChI is InChI=1S/C16H23NO2/c1-4-13-8-6-7-9-15(13)12-17-11-10-14(5-2)16(18)19-3/h6-10,17H,4-5,11-12H2,1-3H3/b14-10-. The lowest BCUT2D eigenvalue weighted by Crippen LogP contribution is -2.16. The van der Waals surface area contributed by atoms with Crippen molar-refractivity contribution in [2.75, 3.05) is 13.7 Å². The van der Waals surface area contributed by atoms with Crippen molar-refractivity contribution in [2.45, 2.75) is 33.2 Å². The van der Waals surface area contributed by atoms with Gasteiger partial charge in [0, 0.05) is 18.7 Å². The van der Waals surface area contributed by atoms with E-state index in [1.807, 2.05) is 13.0 Å². The first-order chi connectivity index (χ1) is 9.22. The van der Waals surface area contributed by atoms with Crippen LogP contribution in [0.2, 0.25) is 0 Å². The Morgan fingerprint density at radius 1 is 1.26 bits per heavy atom. The third-order valence-electron chi connectivity index (χ3n) is 3.14. The van der Waals surface area contributed by atoms with Crippen molar-refractivity contribution in [3.63, 3.8) is 0 Å². The number of carbonyl (C=O) groups is 1. The Labute approximate surface area is 115 Å². The van der Waals surface area contributed by atoms with Gasteiger partial charge in [-0.1, -0.05) is 44.2 Å². The summed E-state index contributed by atoms with van der Waals surface area (Å²) < 4.78 is 4.72. The first-order valence-corrected chi connectivity index (χ1v) is 6.77. The fraction of sp³-hybridized carbons (Fsp3) is 0.438. The quantitative estimate of drug-likeness (QED) is 0.466. The van der Waals surface area contributed by atoms with Crippen LogP contribution in [0.4, 0.5) is 0 Å². The minimum Gasteiger partial charge on any atom is -0.466 e. The van der Waals surface area contributed by atoms with Gasteiger partial charge in [0.1, 0.15) is 0 Å². The number of ether oxygens (including phenoxy) is 1. The number of methoxy groups -OCH3 is 1. The maximum Gasteiger partial charge on any atom is 0.333 e. The first kappa shape index (κ1) is 15.4. The highest BCUT2D eigenvalue weighted by Gasteiger charge is 2.05. The molecule has 0 fully saturated rings. The summed E-state index contributed by atoms with van der Waals surface area (Å²) in [6, 6.07) is 8.40. The molecule has 0 saturated carbocycles. The van der Waals surface area contributed by atoms with E-state index in [1.165, 1.54) is 18.2 Å². The summed E-state index contributed by atoms with van der Waals surface area (Å²) in [6.07, 6.45) is 3.64. The van der Waals surface area contributed by atoms with Crippen LogP contribution in [-0.4, -0.2) is 19.6 Å². The van der Waals surface area contributed by atoms with Crippen LogP contribution in [0.5, 0.6) is 0 Å². The van der Waals surface area contributed by atoms with Crippen LogP contribution in [0.15, 0.2) is 35.9 Å². The second-order valence-electron chi connectivity index (χ2n) is 4.33. The summed E-state index contributed by atoms with van der Waals surface area (Å²) in [5.41, 5.74) is 3.40. The summed E-state index contributed by atoms with van der Waals surface area (Å²) in [6.45, 7) is 5.61. The molecule has 0 bridgehead atoms. The maximum atomic E-state index is 11.4. The second-order valence-corrected chi connectivity index (χ2v) is 4.33. The van der Waals surface area contributed by atoms with Crippen LogP contribution in [-0.2, 0) is 22.5 Å². The van der Waals surface area contributed by atoms with Crippen molar-refractivity contribution in [1.82, 2.24) is 5.32 Å². The molecule has 0 aliphatic rings. The molecule has 19 heavy (non-hydrogen) atoms. The topological polar surface area (TPSA) is 38.3 Å². The smallest absolute Gasteiger partial charge is 0.333 e. The molecule has 3 heteroatoms. The van der Waals surface area contributed by atoms with Crippen molar-refractivity contribution in [3.8, 4) is 0 Å². The van der Waals surface area contributed by atoms with Crippen molar-refractivity contribution in [1.29, 1.82) is 0 Å². The molecule has 0 heterocycles. The van der Waals surface area contributed by atoms with Gasteiger partial charge in [-0.25, -0.2) is 4.79 Å². The van der Waals surface area contributed by atoms with E-state index in [-0.39, 0.29) is 5.97 Å². The molecule has 0 saturated heterocycles. The lowest BCUT2D eigenvalue weighted by Gasteiger charge is -2.08. The highest BCUT2D eigenvalue weighted by molar-refractivity contribution is 5.88. The van der Waals surface area contributed by atoms with E-state index in [1.54, 1.807) is 0 Å². The van der Waals surface area contributed by atoms with E-state index in [9.17, 15) is 4.79 Å². The summed E-state index contributed by atoms with van der Waals surface area (Å²) >= 11 is 0.